The van der Waals surface area contributed by atoms with E-state index >= 15 is 0 Å². The summed E-state index contributed by atoms with van der Waals surface area (Å²) in [6.45, 7) is 3.52. The van der Waals surface area contributed by atoms with Crippen LogP contribution in [0.3, 0.4) is 0 Å². The van der Waals surface area contributed by atoms with Crippen LogP contribution in [0.1, 0.15) is 25.0 Å². The molecule has 0 aromatic heterocycles. The van der Waals surface area contributed by atoms with Crippen molar-refractivity contribution in [3.05, 3.63) is 29.3 Å². The van der Waals surface area contributed by atoms with E-state index in [1.54, 1.807) is 13.8 Å². The van der Waals surface area contributed by atoms with Crippen molar-refractivity contribution in [1.29, 1.82) is 5.26 Å². The van der Waals surface area contributed by atoms with E-state index in [0.717, 1.165) is 17.0 Å². The Bertz CT molecular complexity index is 743. The summed E-state index contributed by atoms with van der Waals surface area (Å²) in [7, 11) is 0. The summed E-state index contributed by atoms with van der Waals surface area (Å²) < 4.78 is 39.4. The molecule has 25 heavy (non-hydrogen) atoms. The molecule has 1 amide bonds. The Labute approximate surface area is 153 Å². The molecular weight excluding hydrogens is 377 g/mol. The molecule has 1 aromatic rings. The molecule has 0 saturated heterocycles. The summed E-state index contributed by atoms with van der Waals surface area (Å²) in [5.74, 6) is 0.0426. The third-order valence-electron chi connectivity index (χ3n) is 3.33. The Hall–Kier alpha value is -1.76. The van der Waals surface area contributed by atoms with Crippen LogP contribution in [0.25, 0.3) is 0 Å². The van der Waals surface area contributed by atoms with Crippen molar-refractivity contribution in [2.75, 3.05) is 17.2 Å². The number of halogens is 4. The van der Waals surface area contributed by atoms with Crippen LogP contribution < -0.4 is 10.6 Å². The van der Waals surface area contributed by atoms with Gasteiger partial charge < -0.3 is 5.73 Å². The topological polar surface area (TPSA) is 82.5 Å². The van der Waals surface area contributed by atoms with Crippen LogP contribution in [0.5, 0.6) is 0 Å². The predicted molar refractivity (Wildman–Crippen MR) is 93.9 cm³/mol. The number of carbonyl (C=O) groups excluding carboxylic acids is 1. The highest BCUT2D eigenvalue weighted by molar-refractivity contribution is 8.14. The van der Waals surface area contributed by atoms with Crippen molar-refractivity contribution in [2.45, 2.75) is 25.6 Å². The summed E-state index contributed by atoms with van der Waals surface area (Å²) in [6, 6.07) is 4.69. The Morgan fingerprint density at radius 1 is 1.40 bits per heavy atom. The van der Waals surface area contributed by atoms with Crippen LogP contribution in [0.2, 0.25) is 0 Å². The number of aliphatic imine (C=N–C) groups is 1. The standard InChI is InChI=1S/C15H15F3N4OS.ClH/c1-14(2)12(23)22(13(21-14)24-6-5-19)10-4-3-9(8-20)11(7-10)15(16,17)18;/h3-4,7H,5-6,19H2,1-2H3;1H. The van der Waals surface area contributed by atoms with Gasteiger partial charge in [-0.05, 0) is 32.0 Å². The molecule has 1 aliphatic rings. The van der Waals surface area contributed by atoms with E-state index in [2.05, 4.69) is 4.99 Å². The maximum atomic E-state index is 13.1. The number of nitrogens with zero attached hydrogens (tertiary/aromatic N) is 3. The molecule has 2 rings (SSSR count). The van der Waals surface area contributed by atoms with Gasteiger partial charge in [-0.15, -0.1) is 12.4 Å². The van der Waals surface area contributed by atoms with E-state index in [4.69, 9.17) is 11.0 Å². The molecule has 136 valence electrons. The first-order chi connectivity index (χ1) is 11.1. The molecule has 0 saturated carbocycles. The minimum Gasteiger partial charge on any atom is -0.330 e. The van der Waals surface area contributed by atoms with E-state index in [1.807, 2.05) is 0 Å². The average molecular weight is 393 g/mol. The Morgan fingerprint density at radius 3 is 2.56 bits per heavy atom. The number of thioether (sulfide) groups is 1. The summed E-state index contributed by atoms with van der Waals surface area (Å²) in [4.78, 5) is 18.0. The number of alkyl halides is 3. The van der Waals surface area contributed by atoms with Gasteiger partial charge in [-0.2, -0.15) is 18.4 Å². The first-order valence-electron chi connectivity index (χ1n) is 7.00. The largest absolute Gasteiger partial charge is 0.417 e. The summed E-state index contributed by atoms with van der Waals surface area (Å²) >= 11 is 1.20. The molecule has 1 aromatic carbocycles. The average Bonchev–Trinajstić information content (AvgIpc) is 2.73. The number of anilines is 1. The first-order valence-corrected chi connectivity index (χ1v) is 7.99. The lowest BCUT2D eigenvalue weighted by Crippen LogP contribution is -2.39. The van der Waals surface area contributed by atoms with Gasteiger partial charge in [0.2, 0.25) is 0 Å². The molecule has 0 spiro atoms. The monoisotopic (exact) mass is 392 g/mol. The summed E-state index contributed by atoms with van der Waals surface area (Å²) in [5, 5.41) is 9.17. The van der Waals surface area contributed by atoms with E-state index in [-0.39, 0.29) is 18.1 Å². The van der Waals surface area contributed by atoms with Crippen molar-refractivity contribution in [1.82, 2.24) is 0 Å². The van der Waals surface area contributed by atoms with Gasteiger partial charge in [-0.3, -0.25) is 9.69 Å². The molecule has 0 bridgehead atoms. The van der Waals surface area contributed by atoms with Crippen molar-refractivity contribution in [3.63, 3.8) is 0 Å². The van der Waals surface area contributed by atoms with Gasteiger partial charge in [-0.1, -0.05) is 11.8 Å². The number of rotatable bonds is 3. The smallest absolute Gasteiger partial charge is 0.330 e. The van der Waals surface area contributed by atoms with E-state index in [9.17, 15) is 18.0 Å². The number of amidine groups is 1. The normalized spacial score (nSPS) is 16.3. The van der Waals surface area contributed by atoms with Gasteiger partial charge in [0.05, 0.1) is 22.9 Å². The molecule has 1 aliphatic heterocycles. The Kier molecular flexibility index (Phi) is 6.50. The van der Waals surface area contributed by atoms with Crippen LogP contribution in [-0.4, -0.2) is 28.9 Å². The zero-order valence-corrected chi connectivity index (χ0v) is 15.1. The van der Waals surface area contributed by atoms with Crippen LogP contribution in [-0.2, 0) is 11.0 Å². The lowest BCUT2D eigenvalue weighted by Gasteiger charge is -2.22. The van der Waals surface area contributed by atoms with E-state index in [1.165, 1.54) is 23.9 Å². The number of nitrogens with two attached hydrogens (primary N) is 1. The van der Waals surface area contributed by atoms with Gasteiger partial charge in [0.15, 0.2) is 5.17 Å². The zero-order valence-electron chi connectivity index (χ0n) is 13.4. The van der Waals surface area contributed by atoms with E-state index in [0.29, 0.717) is 17.5 Å². The SMILES string of the molecule is CC1(C)N=C(SCCN)N(c2ccc(C#N)c(C(F)(F)F)c2)C1=O.Cl. The van der Waals surface area contributed by atoms with Crippen molar-refractivity contribution >= 4 is 40.9 Å². The summed E-state index contributed by atoms with van der Waals surface area (Å²) in [5.41, 5.74) is 2.83. The van der Waals surface area contributed by atoms with Gasteiger partial charge in [0.25, 0.3) is 5.91 Å². The number of hydrogen-bond donors (Lipinski definition) is 1. The molecule has 0 radical (unpaired) electrons. The molecule has 10 heteroatoms. The number of benzene rings is 1. The number of carbonyl (C=O) groups is 1. The molecule has 1 heterocycles. The highest BCUT2D eigenvalue weighted by atomic mass is 35.5. The maximum Gasteiger partial charge on any atom is 0.417 e. The lowest BCUT2D eigenvalue weighted by molar-refractivity contribution is -0.137. The number of hydrogen-bond acceptors (Lipinski definition) is 5. The van der Waals surface area contributed by atoms with Gasteiger partial charge in [0.1, 0.15) is 5.54 Å². The number of nitriles is 1. The molecule has 0 unspecified atom stereocenters. The second-order valence-electron chi connectivity index (χ2n) is 5.57. The van der Waals surface area contributed by atoms with Gasteiger partial charge in [-0.25, -0.2) is 4.99 Å². The molecule has 0 aliphatic carbocycles. The number of amides is 1. The van der Waals surface area contributed by atoms with Crippen LogP contribution in [0.15, 0.2) is 23.2 Å². The molecule has 0 fully saturated rings. The highest BCUT2D eigenvalue weighted by Crippen LogP contribution is 2.37. The van der Waals surface area contributed by atoms with Crippen molar-refractivity contribution in [3.8, 4) is 6.07 Å². The molecule has 2 N–H and O–H groups in total. The summed E-state index contributed by atoms with van der Waals surface area (Å²) in [6.07, 6.45) is -4.69. The Balaban J connectivity index is 0.00000312. The lowest BCUT2D eigenvalue weighted by atomic mass is 10.0. The van der Waals surface area contributed by atoms with E-state index < -0.39 is 28.7 Å². The molecule has 5 nitrogen and oxygen atoms in total. The van der Waals surface area contributed by atoms with Gasteiger partial charge in [0, 0.05) is 12.3 Å². The minimum absolute atomic E-state index is 0. The van der Waals surface area contributed by atoms with Crippen LogP contribution >= 0.6 is 24.2 Å². The minimum atomic E-state index is -4.69. The maximum absolute atomic E-state index is 13.1. The third-order valence-corrected chi connectivity index (χ3v) is 4.30. The van der Waals surface area contributed by atoms with Crippen LogP contribution in [0.4, 0.5) is 18.9 Å². The van der Waals surface area contributed by atoms with Crippen molar-refractivity contribution in [2.24, 2.45) is 10.7 Å². The molecular formula is C15H16ClF3N4OS. The predicted octanol–water partition coefficient (Wildman–Crippen LogP) is 3.17. The van der Waals surface area contributed by atoms with Crippen molar-refractivity contribution < 1.29 is 18.0 Å². The molecule has 0 atom stereocenters. The highest BCUT2D eigenvalue weighted by Gasteiger charge is 2.43. The fourth-order valence-corrected chi connectivity index (χ4v) is 3.09. The second-order valence-corrected chi connectivity index (χ2v) is 6.63. The second kappa shape index (κ2) is 7.64. The fourth-order valence-electron chi connectivity index (χ4n) is 2.18. The van der Waals surface area contributed by atoms with Crippen LogP contribution in [0, 0.1) is 11.3 Å². The zero-order chi connectivity index (χ0) is 18.1. The quantitative estimate of drug-likeness (QED) is 0.856. The third kappa shape index (κ3) is 4.26. The van der Waals surface area contributed by atoms with Gasteiger partial charge >= 0.3 is 6.18 Å². The Morgan fingerprint density at radius 2 is 2.04 bits per heavy atom. The first kappa shape index (κ1) is 21.3. The fraction of sp³-hybridized carbons (Fsp3) is 0.400.